The van der Waals surface area contributed by atoms with Crippen molar-refractivity contribution in [1.82, 2.24) is 0 Å². The highest BCUT2D eigenvalue weighted by Crippen LogP contribution is 2.47. The average molecular weight is 291 g/mol. The van der Waals surface area contributed by atoms with Crippen molar-refractivity contribution in [3.63, 3.8) is 0 Å². The number of fused-ring (bicyclic) bond motifs is 1. The van der Waals surface area contributed by atoms with Crippen LogP contribution in [0.4, 0.5) is 0 Å². The molecule has 0 amide bonds. The van der Waals surface area contributed by atoms with E-state index in [1.54, 1.807) is 0 Å². The van der Waals surface area contributed by atoms with E-state index in [4.69, 9.17) is 4.43 Å². The Bertz CT molecular complexity index is 429. The van der Waals surface area contributed by atoms with E-state index in [9.17, 15) is 0 Å². The first-order valence-corrected chi connectivity index (χ1v) is 10.3. The van der Waals surface area contributed by atoms with Crippen molar-refractivity contribution in [3.8, 4) is 0 Å². The van der Waals surface area contributed by atoms with Gasteiger partial charge in [-0.3, -0.25) is 0 Å². The summed E-state index contributed by atoms with van der Waals surface area (Å²) in [7, 11) is -1.76. The zero-order valence-electron chi connectivity index (χ0n) is 13.9. The Kier molecular flexibility index (Phi) is 4.75. The standard InChI is InChI=1S/C18H30OSi/c1-13(2)20(14(3)4,15(5)6)19-18-12-11-16-9-7-8-10-17(16)18/h7-10,13-15,18H,11-12H2,1-6H3. The number of hydrogen-bond donors (Lipinski definition) is 0. The zero-order chi connectivity index (χ0) is 14.9. The van der Waals surface area contributed by atoms with Crippen molar-refractivity contribution >= 4 is 8.32 Å². The lowest BCUT2D eigenvalue weighted by Crippen LogP contribution is -2.48. The molecule has 0 aliphatic heterocycles. The lowest BCUT2D eigenvalue weighted by molar-refractivity contribution is 0.177. The molecule has 0 fully saturated rings. The first kappa shape index (κ1) is 15.8. The quantitative estimate of drug-likeness (QED) is 0.617. The SMILES string of the molecule is CC(C)[Si](OC1CCc2ccccc21)(C(C)C)C(C)C. The van der Waals surface area contributed by atoms with Gasteiger partial charge in [-0.25, -0.2) is 0 Å². The maximum absolute atomic E-state index is 6.95. The summed E-state index contributed by atoms with van der Waals surface area (Å²) in [6, 6.07) is 8.85. The molecule has 0 spiro atoms. The molecular formula is C18H30OSi. The summed E-state index contributed by atoms with van der Waals surface area (Å²) < 4.78 is 6.95. The van der Waals surface area contributed by atoms with Gasteiger partial charge >= 0.3 is 0 Å². The van der Waals surface area contributed by atoms with Crippen LogP contribution in [0.5, 0.6) is 0 Å². The van der Waals surface area contributed by atoms with Crippen molar-refractivity contribution in [2.75, 3.05) is 0 Å². The number of benzene rings is 1. The molecule has 0 N–H and O–H groups in total. The summed E-state index contributed by atoms with van der Waals surface area (Å²) in [6.07, 6.45) is 2.69. The van der Waals surface area contributed by atoms with Crippen LogP contribution in [0.2, 0.25) is 16.6 Å². The monoisotopic (exact) mass is 290 g/mol. The highest BCUT2D eigenvalue weighted by molar-refractivity contribution is 6.77. The first-order valence-electron chi connectivity index (χ1n) is 8.15. The van der Waals surface area contributed by atoms with Gasteiger partial charge in [-0.05, 0) is 40.6 Å². The van der Waals surface area contributed by atoms with Crippen LogP contribution in [0.1, 0.15) is 65.2 Å². The van der Waals surface area contributed by atoms with Crippen LogP contribution in [-0.2, 0) is 10.8 Å². The third-order valence-corrected chi connectivity index (χ3v) is 11.2. The predicted molar refractivity (Wildman–Crippen MR) is 89.6 cm³/mol. The summed E-state index contributed by atoms with van der Waals surface area (Å²) >= 11 is 0. The molecule has 1 unspecified atom stereocenters. The minimum Gasteiger partial charge on any atom is -0.409 e. The molecule has 1 aromatic carbocycles. The number of rotatable bonds is 5. The van der Waals surface area contributed by atoms with E-state index in [1.807, 2.05) is 0 Å². The minimum atomic E-state index is -1.76. The molecule has 1 aromatic rings. The number of hydrogen-bond acceptors (Lipinski definition) is 1. The Morgan fingerprint density at radius 3 is 2.05 bits per heavy atom. The van der Waals surface area contributed by atoms with Crippen LogP contribution in [0.25, 0.3) is 0 Å². The predicted octanol–water partition coefficient (Wildman–Crippen LogP) is 5.87. The molecule has 0 bridgehead atoms. The second-order valence-electron chi connectivity index (χ2n) is 7.16. The van der Waals surface area contributed by atoms with Crippen LogP contribution >= 0.6 is 0 Å². The lowest BCUT2D eigenvalue weighted by atomic mass is 10.1. The zero-order valence-corrected chi connectivity index (χ0v) is 14.9. The normalized spacial score (nSPS) is 19.1. The second kappa shape index (κ2) is 6.03. The molecule has 2 heteroatoms. The third kappa shape index (κ3) is 2.60. The van der Waals surface area contributed by atoms with Crippen LogP contribution in [0.3, 0.4) is 0 Å². The van der Waals surface area contributed by atoms with Gasteiger partial charge in [0.05, 0.1) is 6.10 Å². The highest BCUT2D eigenvalue weighted by Gasteiger charge is 2.47. The molecule has 20 heavy (non-hydrogen) atoms. The Hall–Kier alpha value is -0.603. The van der Waals surface area contributed by atoms with Gasteiger partial charge in [-0.1, -0.05) is 65.8 Å². The highest BCUT2D eigenvalue weighted by atomic mass is 28.4. The van der Waals surface area contributed by atoms with E-state index in [-0.39, 0.29) is 0 Å². The van der Waals surface area contributed by atoms with E-state index < -0.39 is 8.32 Å². The molecule has 1 aliphatic carbocycles. The van der Waals surface area contributed by atoms with Crippen LogP contribution in [0.15, 0.2) is 24.3 Å². The first-order chi connectivity index (χ1) is 9.39. The third-order valence-electron chi connectivity index (χ3n) is 5.13. The van der Waals surface area contributed by atoms with E-state index in [0.717, 1.165) is 0 Å². The summed E-state index contributed by atoms with van der Waals surface area (Å²) in [5.41, 5.74) is 4.93. The molecule has 0 radical (unpaired) electrons. The van der Waals surface area contributed by atoms with Gasteiger partial charge in [-0.15, -0.1) is 0 Å². The van der Waals surface area contributed by atoms with Gasteiger partial charge in [-0.2, -0.15) is 0 Å². The molecule has 2 rings (SSSR count). The van der Waals surface area contributed by atoms with Crippen molar-refractivity contribution in [3.05, 3.63) is 35.4 Å². The number of aryl methyl sites for hydroxylation is 1. The fourth-order valence-corrected chi connectivity index (χ4v) is 9.85. The fourth-order valence-electron chi connectivity index (χ4n) is 4.30. The lowest BCUT2D eigenvalue weighted by Gasteiger charge is -2.44. The van der Waals surface area contributed by atoms with E-state index in [2.05, 4.69) is 65.8 Å². The molecule has 1 nitrogen and oxygen atoms in total. The molecule has 1 aliphatic rings. The minimum absolute atomic E-state index is 0.338. The topological polar surface area (TPSA) is 9.23 Å². The van der Waals surface area contributed by atoms with Gasteiger partial charge in [0, 0.05) is 0 Å². The van der Waals surface area contributed by atoms with Crippen molar-refractivity contribution in [1.29, 1.82) is 0 Å². The maximum Gasteiger partial charge on any atom is 0.201 e. The fraction of sp³-hybridized carbons (Fsp3) is 0.667. The van der Waals surface area contributed by atoms with Crippen LogP contribution < -0.4 is 0 Å². The van der Waals surface area contributed by atoms with Crippen molar-refractivity contribution in [2.24, 2.45) is 0 Å². The average Bonchev–Trinajstić information content (AvgIpc) is 2.77. The van der Waals surface area contributed by atoms with Crippen molar-refractivity contribution < 1.29 is 4.43 Å². The Balaban J connectivity index is 2.30. The summed E-state index contributed by atoms with van der Waals surface area (Å²) in [6.45, 7) is 14.2. The van der Waals surface area contributed by atoms with E-state index in [0.29, 0.717) is 22.7 Å². The smallest absolute Gasteiger partial charge is 0.201 e. The van der Waals surface area contributed by atoms with Gasteiger partial charge < -0.3 is 4.43 Å². The molecule has 0 heterocycles. The molecular weight excluding hydrogens is 260 g/mol. The van der Waals surface area contributed by atoms with Gasteiger partial charge in [0.25, 0.3) is 0 Å². The van der Waals surface area contributed by atoms with E-state index in [1.165, 1.54) is 24.0 Å². The summed E-state index contributed by atoms with van der Waals surface area (Å²) in [4.78, 5) is 0. The van der Waals surface area contributed by atoms with Gasteiger partial charge in [0.1, 0.15) is 0 Å². The largest absolute Gasteiger partial charge is 0.409 e. The van der Waals surface area contributed by atoms with Gasteiger partial charge in [0.2, 0.25) is 8.32 Å². The summed E-state index contributed by atoms with van der Waals surface area (Å²) in [5, 5.41) is 0. The van der Waals surface area contributed by atoms with Crippen LogP contribution in [0, 0.1) is 0 Å². The molecule has 0 aromatic heterocycles. The molecule has 0 saturated heterocycles. The molecule has 1 atom stereocenters. The molecule has 112 valence electrons. The van der Waals surface area contributed by atoms with Crippen LogP contribution in [-0.4, -0.2) is 8.32 Å². The van der Waals surface area contributed by atoms with E-state index >= 15 is 0 Å². The molecule has 0 saturated carbocycles. The van der Waals surface area contributed by atoms with Gasteiger partial charge in [0.15, 0.2) is 0 Å². The Morgan fingerprint density at radius 1 is 0.950 bits per heavy atom. The Morgan fingerprint density at radius 2 is 1.50 bits per heavy atom. The summed E-state index contributed by atoms with van der Waals surface area (Å²) in [5.74, 6) is 0. The maximum atomic E-state index is 6.95. The second-order valence-corrected chi connectivity index (χ2v) is 12.6. The van der Waals surface area contributed by atoms with Crippen molar-refractivity contribution in [2.45, 2.75) is 77.1 Å². The Labute approximate surface area is 125 Å².